The number of hydrogen-bond acceptors (Lipinski definition) is 7. The fourth-order valence-electron chi connectivity index (χ4n) is 3.18. The van der Waals surface area contributed by atoms with E-state index in [0.29, 0.717) is 17.8 Å². The number of nitrogens with one attached hydrogen (secondary N) is 4. The fraction of sp³-hybridized carbons (Fsp3) is 0.208. The van der Waals surface area contributed by atoms with Crippen molar-refractivity contribution in [2.24, 2.45) is 0 Å². The van der Waals surface area contributed by atoms with Crippen molar-refractivity contribution in [1.29, 1.82) is 0 Å². The number of anilines is 1. The summed E-state index contributed by atoms with van der Waals surface area (Å²) in [5.74, 6) is -1.61. The summed E-state index contributed by atoms with van der Waals surface area (Å²) in [6.07, 6.45) is -1.19. The highest BCUT2D eigenvalue weighted by Gasteiger charge is 2.25. The van der Waals surface area contributed by atoms with Crippen molar-refractivity contribution in [3.8, 4) is 11.1 Å². The number of hydrogen-bond donors (Lipinski definition) is 6. The highest BCUT2D eigenvalue weighted by molar-refractivity contribution is 7.09. The number of carbonyl (C=O) groups is 3. The second-order valence-electron chi connectivity index (χ2n) is 7.55. The highest BCUT2D eigenvalue weighted by atomic mass is 32.1. The molecule has 0 spiro atoms. The molecule has 10 heteroatoms. The van der Waals surface area contributed by atoms with Gasteiger partial charge < -0.3 is 21.1 Å². The van der Waals surface area contributed by atoms with Crippen LogP contribution in [0.3, 0.4) is 0 Å². The summed E-state index contributed by atoms with van der Waals surface area (Å²) in [7, 11) is 0. The minimum atomic E-state index is -1.29. The molecule has 1 aromatic heterocycles. The van der Waals surface area contributed by atoms with Gasteiger partial charge in [-0.3, -0.25) is 19.6 Å². The number of rotatable bonds is 10. The van der Waals surface area contributed by atoms with Crippen molar-refractivity contribution in [2.45, 2.75) is 25.6 Å². The molecule has 34 heavy (non-hydrogen) atoms. The van der Waals surface area contributed by atoms with Gasteiger partial charge in [-0.25, -0.2) is 5.48 Å². The topological polar surface area (TPSA) is 140 Å². The van der Waals surface area contributed by atoms with Crippen LogP contribution < -0.4 is 21.4 Å². The molecule has 0 aliphatic heterocycles. The van der Waals surface area contributed by atoms with E-state index in [9.17, 15) is 19.5 Å². The van der Waals surface area contributed by atoms with Crippen molar-refractivity contribution < 1.29 is 24.7 Å². The van der Waals surface area contributed by atoms with Gasteiger partial charge in [-0.2, -0.15) is 0 Å². The van der Waals surface area contributed by atoms with Crippen LogP contribution in [0.25, 0.3) is 11.1 Å². The maximum Gasteiger partial charge on any atom is 0.268 e. The molecule has 0 aliphatic carbocycles. The van der Waals surface area contributed by atoms with E-state index in [4.69, 9.17) is 5.21 Å². The van der Waals surface area contributed by atoms with Gasteiger partial charge in [0.2, 0.25) is 5.91 Å². The van der Waals surface area contributed by atoms with Gasteiger partial charge in [0.05, 0.1) is 12.6 Å². The molecule has 0 bridgehead atoms. The van der Waals surface area contributed by atoms with Crippen LogP contribution >= 0.6 is 11.3 Å². The summed E-state index contributed by atoms with van der Waals surface area (Å²) < 4.78 is 0. The highest BCUT2D eigenvalue weighted by Crippen LogP contribution is 2.22. The molecule has 178 valence electrons. The van der Waals surface area contributed by atoms with Crippen LogP contribution in [-0.4, -0.2) is 46.7 Å². The minimum absolute atomic E-state index is 0.134. The smallest absolute Gasteiger partial charge is 0.268 e. The van der Waals surface area contributed by atoms with Crippen LogP contribution in [0.4, 0.5) is 5.69 Å². The number of aliphatic hydroxyl groups is 1. The molecular formula is C24H26N4O5S. The molecule has 3 aromatic rings. The van der Waals surface area contributed by atoms with Gasteiger partial charge in [-0.1, -0.05) is 30.3 Å². The van der Waals surface area contributed by atoms with E-state index in [1.807, 2.05) is 29.6 Å². The quantitative estimate of drug-likeness (QED) is 0.193. The molecule has 6 N–H and O–H groups in total. The van der Waals surface area contributed by atoms with Gasteiger partial charge in [0.1, 0.15) is 6.04 Å². The molecular weight excluding hydrogens is 456 g/mol. The Labute approximate surface area is 200 Å². The van der Waals surface area contributed by atoms with Crippen molar-refractivity contribution in [3.63, 3.8) is 0 Å². The molecule has 0 saturated carbocycles. The summed E-state index contributed by atoms with van der Waals surface area (Å²) >= 11 is 1.63. The van der Waals surface area contributed by atoms with Gasteiger partial charge in [0.15, 0.2) is 0 Å². The van der Waals surface area contributed by atoms with Gasteiger partial charge in [-0.05, 0) is 53.8 Å². The fourth-order valence-corrected chi connectivity index (χ4v) is 3.85. The molecule has 1 heterocycles. The van der Waals surface area contributed by atoms with Crippen molar-refractivity contribution in [2.75, 3.05) is 11.9 Å². The molecule has 2 aromatic carbocycles. The van der Waals surface area contributed by atoms with E-state index in [-0.39, 0.29) is 12.5 Å². The molecule has 0 radical (unpaired) electrons. The van der Waals surface area contributed by atoms with Crippen LogP contribution in [0.1, 0.15) is 22.2 Å². The number of carbonyl (C=O) groups excluding carboxylic acids is 3. The monoisotopic (exact) mass is 482 g/mol. The number of amides is 3. The van der Waals surface area contributed by atoms with Crippen LogP contribution in [-0.2, 0) is 16.1 Å². The van der Waals surface area contributed by atoms with E-state index in [2.05, 4.69) is 16.0 Å². The van der Waals surface area contributed by atoms with Crippen LogP contribution in [0.5, 0.6) is 0 Å². The Morgan fingerprint density at radius 1 is 0.971 bits per heavy atom. The third-order valence-electron chi connectivity index (χ3n) is 4.98. The second-order valence-corrected chi connectivity index (χ2v) is 8.59. The van der Waals surface area contributed by atoms with Crippen LogP contribution in [0, 0.1) is 0 Å². The number of benzene rings is 2. The van der Waals surface area contributed by atoms with Gasteiger partial charge in [-0.15, -0.1) is 11.3 Å². The predicted molar refractivity (Wildman–Crippen MR) is 129 cm³/mol. The third kappa shape index (κ3) is 6.96. The number of thiophene rings is 1. The lowest BCUT2D eigenvalue weighted by molar-refractivity contribution is -0.133. The first-order valence-electron chi connectivity index (χ1n) is 10.5. The first kappa shape index (κ1) is 25.1. The largest absolute Gasteiger partial charge is 0.391 e. The van der Waals surface area contributed by atoms with Crippen molar-refractivity contribution in [1.82, 2.24) is 16.1 Å². The Kier molecular flexibility index (Phi) is 8.88. The molecule has 9 nitrogen and oxygen atoms in total. The van der Waals surface area contributed by atoms with E-state index in [1.165, 1.54) is 17.3 Å². The van der Waals surface area contributed by atoms with Crippen LogP contribution in [0.15, 0.2) is 66.0 Å². The van der Waals surface area contributed by atoms with E-state index in [0.717, 1.165) is 11.1 Å². The first-order chi connectivity index (χ1) is 16.4. The zero-order chi connectivity index (χ0) is 24.5. The summed E-state index contributed by atoms with van der Waals surface area (Å²) in [5.41, 5.74) is 4.13. The van der Waals surface area contributed by atoms with E-state index >= 15 is 0 Å². The molecule has 0 saturated heterocycles. The Balaban J connectivity index is 1.54. The van der Waals surface area contributed by atoms with Gasteiger partial charge >= 0.3 is 0 Å². The number of hydroxylamine groups is 1. The minimum Gasteiger partial charge on any atom is -0.391 e. The Hall–Kier alpha value is -3.57. The Morgan fingerprint density at radius 3 is 2.18 bits per heavy atom. The zero-order valence-electron chi connectivity index (χ0n) is 18.4. The average molecular weight is 483 g/mol. The maximum atomic E-state index is 12.4. The predicted octanol–water partition coefficient (Wildman–Crippen LogP) is 2.13. The van der Waals surface area contributed by atoms with Crippen molar-refractivity contribution in [3.05, 3.63) is 76.5 Å². The lowest BCUT2D eigenvalue weighted by Gasteiger charge is -2.19. The molecule has 3 amide bonds. The molecule has 3 rings (SSSR count). The summed E-state index contributed by atoms with van der Waals surface area (Å²) in [4.78, 5) is 37.3. The summed E-state index contributed by atoms with van der Waals surface area (Å²) in [5, 5.41) is 28.7. The van der Waals surface area contributed by atoms with E-state index < -0.39 is 24.0 Å². The Morgan fingerprint density at radius 2 is 1.62 bits per heavy atom. The van der Waals surface area contributed by atoms with Gasteiger partial charge in [0, 0.05) is 22.7 Å². The summed E-state index contributed by atoms with van der Waals surface area (Å²) in [6, 6.07) is 16.7. The molecule has 0 aliphatic rings. The lowest BCUT2D eigenvalue weighted by atomic mass is 10.0. The molecule has 0 unspecified atom stereocenters. The average Bonchev–Trinajstić information content (AvgIpc) is 3.36. The third-order valence-corrected chi connectivity index (χ3v) is 5.85. The molecule has 0 fully saturated rings. The van der Waals surface area contributed by atoms with Crippen LogP contribution in [0.2, 0.25) is 0 Å². The number of aliphatic hydroxyl groups excluding tert-OH is 1. The Bertz CT molecular complexity index is 1100. The normalized spacial score (nSPS) is 12.4. The lowest BCUT2D eigenvalue weighted by Crippen LogP contribution is -2.51. The standard InChI is InChI=1S/C24H26N4O5S/c1-15(29)22(24(32)28-33)27-23(31)18-6-4-16(5-7-18)17-8-10-19(11-9-17)26-21(30)14-25-13-20-3-2-12-34-20/h2-12,15,22,25,29,33H,13-14H2,1H3,(H,26,30)(H,27,31)(H,28,32)/t15-,22+/m1/s1. The first-order valence-corrected chi connectivity index (χ1v) is 11.4. The second kappa shape index (κ2) is 12.1. The summed E-state index contributed by atoms with van der Waals surface area (Å²) in [6.45, 7) is 2.18. The maximum absolute atomic E-state index is 12.4. The molecule has 2 atom stereocenters. The van der Waals surface area contributed by atoms with Gasteiger partial charge in [0.25, 0.3) is 11.8 Å². The SMILES string of the molecule is C[C@@H](O)[C@H](NC(=O)c1ccc(-c2ccc(NC(=O)CNCc3cccs3)cc2)cc1)C(=O)NO. The van der Waals surface area contributed by atoms with E-state index in [1.54, 1.807) is 47.7 Å². The zero-order valence-corrected chi connectivity index (χ0v) is 19.3. The van der Waals surface area contributed by atoms with Crippen molar-refractivity contribution >= 4 is 34.7 Å².